The van der Waals surface area contributed by atoms with Gasteiger partial charge in [0.25, 0.3) is 5.91 Å². The van der Waals surface area contributed by atoms with Gasteiger partial charge >= 0.3 is 0 Å². The smallest absolute Gasteiger partial charge is 0.270 e. The molecule has 0 aliphatic heterocycles. The maximum atomic E-state index is 14.0. The number of fused-ring (bicyclic) bond motifs is 1. The van der Waals surface area contributed by atoms with Crippen molar-refractivity contribution in [2.45, 2.75) is 25.8 Å². The first-order valence-electron chi connectivity index (χ1n) is 8.20. The van der Waals surface area contributed by atoms with Crippen LogP contribution < -0.4 is 10.6 Å². The van der Waals surface area contributed by atoms with Gasteiger partial charge in [0.1, 0.15) is 11.5 Å². The molecule has 5 nitrogen and oxygen atoms in total. The number of anilines is 2. The lowest BCUT2D eigenvalue weighted by atomic mass is 10.1. The molecule has 6 heteroatoms. The van der Waals surface area contributed by atoms with Crippen molar-refractivity contribution in [2.75, 3.05) is 5.32 Å². The van der Waals surface area contributed by atoms with Crippen LogP contribution in [0.4, 0.5) is 15.8 Å². The van der Waals surface area contributed by atoms with Crippen LogP contribution in [0.25, 0.3) is 10.9 Å². The summed E-state index contributed by atoms with van der Waals surface area (Å²) in [6, 6.07) is 10.2. The lowest BCUT2D eigenvalue weighted by Crippen LogP contribution is -2.26. The fourth-order valence-corrected chi connectivity index (χ4v) is 2.65. The highest BCUT2D eigenvalue weighted by molar-refractivity contribution is 6.00. The van der Waals surface area contributed by atoms with Gasteiger partial charge in [0, 0.05) is 17.1 Å². The zero-order chi connectivity index (χ0) is 17.4. The van der Waals surface area contributed by atoms with E-state index in [1.165, 1.54) is 6.07 Å². The first-order chi connectivity index (χ1) is 12.1. The van der Waals surface area contributed by atoms with Crippen LogP contribution in [0.5, 0.6) is 0 Å². The van der Waals surface area contributed by atoms with Gasteiger partial charge in [0.05, 0.1) is 23.1 Å². The van der Waals surface area contributed by atoms with Crippen LogP contribution in [0.1, 0.15) is 29.0 Å². The topological polar surface area (TPSA) is 66.9 Å². The number of aryl methyl sites for hydroxylation is 1. The summed E-state index contributed by atoms with van der Waals surface area (Å²) in [5, 5.41) is 6.80. The summed E-state index contributed by atoms with van der Waals surface area (Å²) in [7, 11) is 0. The Hall–Kier alpha value is -3.02. The second kappa shape index (κ2) is 6.12. The van der Waals surface area contributed by atoms with Gasteiger partial charge in [0.2, 0.25) is 0 Å². The van der Waals surface area contributed by atoms with Crippen molar-refractivity contribution in [3.05, 3.63) is 59.8 Å². The normalized spacial score (nSPS) is 13.7. The lowest BCUT2D eigenvalue weighted by Gasteiger charge is -2.13. The molecule has 1 amide bonds. The molecule has 0 spiro atoms. The maximum Gasteiger partial charge on any atom is 0.270 e. The van der Waals surface area contributed by atoms with Crippen LogP contribution >= 0.6 is 0 Å². The van der Waals surface area contributed by atoms with Gasteiger partial charge in [-0.1, -0.05) is 12.1 Å². The van der Waals surface area contributed by atoms with Crippen molar-refractivity contribution >= 4 is 28.2 Å². The molecular weight excluding hydrogens is 319 g/mol. The van der Waals surface area contributed by atoms with Crippen molar-refractivity contribution in [3.8, 4) is 0 Å². The third-order valence-corrected chi connectivity index (χ3v) is 4.12. The van der Waals surface area contributed by atoms with E-state index in [0.717, 1.165) is 23.9 Å². The summed E-state index contributed by atoms with van der Waals surface area (Å²) in [4.78, 5) is 21.0. The number of benzene rings is 1. The molecule has 2 aromatic heterocycles. The Morgan fingerprint density at radius 2 is 2.00 bits per heavy atom. The standard InChI is InChI=1S/C19H17FN4O/c1-11-8-13-16(23-15-5-3-2-4-14(15)20)9-17(24-18(13)10-21-11)19(25)22-12-6-7-12/h2-5,8-10,12H,6-7H2,1H3,(H,22,25)(H,23,24). The molecule has 1 saturated carbocycles. The summed E-state index contributed by atoms with van der Waals surface area (Å²) in [6.45, 7) is 1.88. The van der Waals surface area contributed by atoms with E-state index >= 15 is 0 Å². The quantitative estimate of drug-likeness (QED) is 0.762. The third-order valence-electron chi connectivity index (χ3n) is 4.12. The second-order valence-electron chi connectivity index (χ2n) is 6.25. The fourth-order valence-electron chi connectivity index (χ4n) is 2.65. The molecule has 0 bridgehead atoms. The van der Waals surface area contributed by atoms with E-state index in [0.29, 0.717) is 22.6 Å². The highest BCUT2D eigenvalue weighted by Gasteiger charge is 2.25. The Bertz CT molecular complexity index is 969. The van der Waals surface area contributed by atoms with Gasteiger partial charge in [-0.05, 0) is 44.0 Å². The number of carbonyl (C=O) groups excluding carboxylic acids is 1. The number of nitrogens with one attached hydrogen (secondary N) is 2. The lowest BCUT2D eigenvalue weighted by molar-refractivity contribution is 0.0946. The zero-order valence-electron chi connectivity index (χ0n) is 13.7. The number of halogens is 1. The number of carbonyl (C=O) groups is 1. The number of pyridine rings is 2. The van der Waals surface area contributed by atoms with E-state index < -0.39 is 0 Å². The first-order valence-corrected chi connectivity index (χ1v) is 8.20. The Balaban J connectivity index is 1.80. The molecule has 0 radical (unpaired) electrons. The maximum absolute atomic E-state index is 14.0. The van der Waals surface area contributed by atoms with E-state index in [-0.39, 0.29) is 17.8 Å². The van der Waals surface area contributed by atoms with Crippen LogP contribution in [0.2, 0.25) is 0 Å². The van der Waals surface area contributed by atoms with Gasteiger partial charge in [-0.2, -0.15) is 0 Å². The molecule has 1 aromatic carbocycles. The predicted molar refractivity (Wildman–Crippen MR) is 94.4 cm³/mol. The Morgan fingerprint density at radius 3 is 2.76 bits per heavy atom. The summed E-state index contributed by atoms with van der Waals surface area (Å²) in [5.74, 6) is -0.580. The van der Waals surface area contributed by atoms with Crippen molar-refractivity contribution in [3.63, 3.8) is 0 Å². The molecular formula is C19H17FN4O. The molecule has 1 aliphatic carbocycles. The highest BCUT2D eigenvalue weighted by Crippen LogP contribution is 2.28. The molecule has 126 valence electrons. The molecule has 0 saturated heterocycles. The molecule has 0 unspecified atom stereocenters. The average Bonchev–Trinajstić information content (AvgIpc) is 3.41. The number of amides is 1. The van der Waals surface area contributed by atoms with Crippen molar-refractivity contribution in [1.82, 2.24) is 15.3 Å². The second-order valence-corrected chi connectivity index (χ2v) is 6.25. The van der Waals surface area contributed by atoms with Gasteiger partial charge < -0.3 is 10.6 Å². The molecule has 1 aliphatic rings. The van der Waals surface area contributed by atoms with E-state index in [1.807, 2.05) is 13.0 Å². The van der Waals surface area contributed by atoms with Crippen molar-refractivity contribution in [1.29, 1.82) is 0 Å². The predicted octanol–water partition coefficient (Wildman–Crippen LogP) is 3.71. The molecule has 1 fully saturated rings. The molecule has 2 heterocycles. The number of rotatable bonds is 4. The first kappa shape index (κ1) is 15.5. The number of aromatic nitrogens is 2. The Morgan fingerprint density at radius 1 is 1.20 bits per heavy atom. The zero-order valence-corrected chi connectivity index (χ0v) is 13.7. The Labute approximate surface area is 144 Å². The molecule has 2 N–H and O–H groups in total. The third kappa shape index (κ3) is 3.28. The largest absolute Gasteiger partial charge is 0.353 e. The molecule has 4 rings (SSSR count). The van der Waals surface area contributed by atoms with Crippen LogP contribution in [0.3, 0.4) is 0 Å². The van der Waals surface area contributed by atoms with E-state index in [4.69, 9.17) is 0 Å². The SMILES string of the molecule is Cc1cc2c(Nc3ccccc3F)cc(C(=O)NC3CC3)nc2cn1. The van der Waals surface area contributed by atoms with Crippen molar-refractivity contribution < 1.29 is 9.18 Å². The number of hydrogen-bond acceptors (Lipinski definition) is 4. The summed E-state index contributed by atoms with van der Waals surface area (Å²) in [5.41, 5.74) is 2.68. The Kier molecular flexibility index (Phi) is 3.80. The van der Waals surface area contributed by atoms with Crippen molar-refractivity contribution in [2.24, 2.45) is 0 Å². The van der Waals surface area contributed by atoms with Gasteiger partial charge in [-0.15, -0.1) is 0 Å². The van der Waals surface area contributed by atoms with Crippen LogP contribution in [-0.4, -0.2) is 21.9 Å². The van der Waals surface area contributed by atoms with E-state index in [1.54, 1.807) is 30.5 Å². The average molecular weight is 336 g/mol. The van der Waals surface area contributed by atoms with Gasteiger partial charge in [-0.3, -0.25) is 9.78 Å². The van der Waals surface area contributed by atoms with Crippen LogP contribution in [0.15, 0.2) is 42.6 Å². The summed E-state index contributed by atoms with van der Waals surface area (Å²) >= 11 is 0. The number of hydrogen-bond donors (Lipinski definition) is 2. The number of para-hydroxylation sites is 1. The minimum atomic E-state index is -0.359. The fraction of sp³-hybridized carbons (Fsp3) is 0.211. The summed E-state index contributed by atoms with van der Waals surface area (Å²) < 4.78 is 14.0. The van der Waals surface area contributed by atoms with E-state index in [9.17, 15) is 9.18 Å². The van der Waals surface area contributed by atoms with Crippen LogP contribution in [-0.2, 0) is 0 Å². The van der Waals surface area contributed by atoms with Crippen LogP contribution in [0, 0.1) is 12.7 Å². The van der Waals surface area contributed by atoms with Gasteiger partial charge in [0.15, 0.2) is 0 Å². The minimum absolute atomic E-state index is 0.221. The highest BCUT2D eigenvalue weighted by atomic mass is 19.1. The molecule has 0 atom stereocenters. The van der Waals surface area contributed by atoms with Gasteiger partial charge in [-0.25, -0.2) is 9.37 Å². The summed E-state index contributed by atoms with van der Waals surface area (Å²) in [6.07, 6.45) is 3.63. The van der Waals surface area contributed by atoms with E-state index in [2.05, 4.69) is 20.6 Å². The molecule has 3 aromatic rings. The molecule has 25 heavy (non-hydrogen) atoms. The monoisotopic (exact) mass is 336 g/mol. The number of nitrogens with zero attached hydrogens (tertiary/aromatic N) is 2. The minimum Gasteiger partial charge on any atom is -0.353 e.